The number of aryl methyl sites for hydroxylation is 2. The first kappa shape index (κ1) is 38.7. The van der Waals surface area contributed by atoms with Crippen LogP contribution >= 0.6 is 23.2 Å². The third-order valence-electron chi connectivity index (χ3n) is 12.1. The summed E-state index contributed by atoms with van der Waals surface area (Å²) in [5.41, 5.74) is 0.713. The average molecular weight is 832 g/mol. The zero-order valence-corrected chi connectivity index (χ0v) is 33.7. The number of fused-ring (bicyclic) bond motifs is 7. The van der Waals surface area contributed by atoms with E-state index in [-0.39, 0.29) is 46.8 Å². The Labute approximate surface area is 344 Å². The Morgan fingerprint density at radius 1 is 1.10 bits per heavy atom. The molecule has 11 nitrogen and oxygen atoms in total. The molecule has 5 aromatic rings. The SMILES string of the molecule is Cc1cc(Cl)cc(Cl)c1C(=O)Oc1cc2c3c(cccc3c1)CCCOC(=O)N[C@]1(C)CCCN(C1)c1nc(OC[C@@]34CCCN3C[C@H](F)C4)nc3c(F)c-2ncc13. The number of esters is 1. The number of piperidine rings is 1. The summed E-state index contributed by atoms with van der Waals surface area (Å²) >= 11 is 12.6. The molecule has 5 aliphatic rings. The Hall–Kier alpha value is -4.85. The van der Waals surface area contributed by atoms with Gasteiger partial charge in [0.2, 0.25) is 0 Å². The highest BCUT2D eigenvalue weighted by atomic mass is 35.5. The van der Waals surface area contributed by atoms with Crippen LogP contribution in [0.3, 0.4) is 0 Å². The number of alkyl halides is 1. The smallest absolute Gasteiger partial charge is 0.407 e. The summed E-state index contributed by atoms with van der Waals surface area (Å²) in [5.74, 6) is -0.871. The van der Waals surface area contributed by atoms with Gasteiger partial charge in [-0.15, -0.1) is 0 Å². The topological polar surface area (TPSA) is 119 Å². The molecule has 10 rings (SSSR count). The molecule has 58 heavy (non-hydrogen) atoms. The van der Waals surface area contributed by atoms with E-state index in [9.17, 15) is 14.0 Å². The number of alkyl carbamates (subject to hydrolysis) is 1. The van der Waals surface area contributed by atoms with E-state index in [0.717, 1.165) is 24.9 Å². The maximum absolute atomic E-state index is 17.6. The van der Waals surface area contributed by atoms with Crippen molar-refractivity contribution >= 4 is 62.8 Å². The quantitative estimate of drug-likeness (QED) is 0.136. The molecule has 3 saturated heterocycles. The van der Waals surface area contributed by atoms with Crippen molar-refractivity contribution in [1.29, 1.82) is 0 Å². The van der Waals surface area contributed by atoms with Crippen molar-refractivity contribution in [2.75, 3.05) is 44.3 Å². The molecule has 5 aliphatic heterocycles. The third-order valence-corrected chi connectivity index (χ3v) is 12.6. The number of carbonyl (C=O) groups excluding carboxylic acids is 2. The van der Waals surface area contributed by atoms with Crippen molar-refractivity contribution in [2.24, 2.45) is 0 Å². The molecule has 0 radical (unpaired) electrons. The molecule has 0 spiro atoms. The molecule has 0 aliphatic carbocycles. The minimum absolute atomic E-state index is 0.0128. The van der Waals surface area contributed by atoms with E-state index < -0.39 is 35.1 Å². The molecule has 7 heterocycles. The second kappa shape index (κ2) is 15.1. The Morgan fingerprint density at radius 3 is 2.79 bits per heavy atom. The second-order valence-corrected chi connectivity index (χ2v) is 17.1. The highest BCUT2D eigenvalue weighted by Crippen LogP contribution is 2.42. The number of halogens is 4. The number of nitrogens with one attached hydrogen (secondary N) is 1. The molecular weight excluding hydrogens is 789 g/mol. The first-order valence-electron chi connectivity index (χ1n) is 19.7. The third kappa shape index (κ3) is 7.15. The molecule has 3 atom stereocenters. The number of hydrogen-bond acceptors (Lipinski definition) is 10. The van der Waals surface area contributed by atoms with E-state index in [1.54, 1.807) is 31.3 Å². The normalized spacial score (nSPS) is 23.5. The Bertz CT molecular complexity index is 2470. The van der Waals surface area contributed by atoms with E-state index in [2.05, 4.69) is 15.2 Å². The number of nitrogens with zero attached hydrogens (tertiary/aromatic N) is 5. The van der Waals surface area contributed by atoms with Gasteiger partial charge in [-0.25, -0.2) is 18.4 Å². The Kier molecular flexibility index (Phi) is 10.0. The molecule has 2 aromatic heterocycles. The number of anilines is 1. The van der Waals surface area contributed by atoms with Crippen molar-refractivity contribution in [3.05, 3.63) is 81.2 Å². The van der Waals surface area contributed by atoms with Gasteiger partial charge in [-0.05, 0) is 105 Å². The van der Waals surface area contributed by atoms with Gasteiger partial charge in [0.15, 0.2) is 5.82 Å². The first-order valence-corrected chi connectivity index (χ1v) is 20.5. The fraction of sp³-hybridized carbons (Fsp3) is 0.419. The molecule has 15 heteroatoms. The van der Waals surface area contributed by atoms with Gasteiger partial charge in [0.05, 0.1) is 33.7 Å². The second-order valence-electron chi connectivity index (χ2n) is 16.3. The van der Waals surface area contributed by atoms with Crippen LogP contribution in [0.4, 0.5) is 19.4 Å². The van der Waals surface area contributed by atoms with Gasteiger partial charge in [-0.3, -0.25) is 9.88 Å². The number of aromatic nitrogens is 3. The fourth-order valence-electron chi connectivity index (χ4n) is 9.45. The van der Waals surface area contributed by atoms with Gasteiger partial charge >= 0.3 is 18.1 Å². The number of ether oxygens (including phenoxy) is 3. The number of rotatable bonds is 5. The van der Waals surface area contributed by atoms with Crippen LogP contribution in [0.15, 0.2) is 48.7 Å². The lowest BCUT2D eigenvalue weighted by atomic mass is 9.91. The minimum atomic E-state index is -0.953. The number of carbonyl (C=O) groups is 2. The van der Waals surface area contributed by atoms with Gasteiger partial charge in [-0.2, -0.15) is 9.97 Å². The summed E-state index contributed by atoms with van der Waals surface area (Å²) in [7, 11) is 0. The van der Waals surface area contributed by atoms with Crippen LogP contribution in [-0.2, 0) is 11.2 Å². The molecule has 3 aromatic carbocycles. The van der Waals surface area contributed by atoms with Crippen LogP contribution in [0, 0.1) is 12.7 Å². The largest absolute Gasteiger partial charge is 0.461 e. The molecule has 1 N–H and O–H groups in total. The lowest BCUT2D eigenvalue weighted by Gasteiger charge is -2.41. The Balaban J connectivity index is 1.21. The van der Waals surface area contributed by atoms with E-state index in [1.165, 1.54) is 6.07 Å². The van der Waals surface area contributed by atoms with E-state index in [0.29, 0.717) is 89.9 Å². The molecule has 0 saturated carbocycles. The summed E-state index contributed by atoms with van der Waals surface area (Å²) in [5, 5.41) is 5.30. The fourth-order valence-corrected chi connectivity index (χ4v) is 10.1. The van der Waals surface area contributed by atoms with Crippen molar-refractivity contribution < 1.29 is 32.6 Å². The summed E-state index contributed by atoms with van der Waals surface area (Å²) in [6.07, 6.45) is 4.53. The van der Waals surface area contributed by atoms with Crippen LogP contribution in [0.1, 0.15) is 66.9 Å². The number of amides is 1. The summed E-state index contributed by atoms with van der Waals surface area (Å²) < 4.78 is 50.3. The first-order chi connectivity index (χ1) is 27.9. The molecule has 1 amide bonds. The zero-order chi connectivity index (χ0) is 40.3. The van der Waals surface area contributed by atoms with Crippen molar-refractivity contribution in [1.82, 2.24) is 25.2 Å². The number of benzene rings is 3. The van der Waals surface area contributed by atoms with Crippen molar-refractivity contribution in [3.8, 4) is 23.0 Å². The zero-order valence-electron chi connectivity index (χ0n) is 32.2. The van der Waals surface area contributed by atoms with E-state index in [1.807, 2.05) is 30.0 Å². The molecular formula is C43H42Cl2F2N6O5. The van der Waals surface area contributed by atoms with Gasteiger partial charge in [0, 0.05) is 42.8 Å². The molecule has 0 unspecified atom stereocenters. The van der Waals surface area contributed by atoms with Crippen LogP contribution < -0.4 is 19.7 Å². The van der Waals surface area contributed by atoms with Gasteiger partial charge in [-0.1, -0.05) is 41.4 Å². The summed E-state index contributed by atoms with van der Waals surface area (Å²) in [4.78, 5) is 45.2. The molecule has 6 bridgehead atoms. The maximum atomic E-state index is 17.6. The number of hydrogen-bond donors (Lipinski definition) is 1. The van der Waals surface area contributed by atoms with Crippen LogP contribution in [0.25, 0.3) is 32.9 Å². The van der Waals surface area contributed by atoms with E-state index in [4.69, 9.17) is 47.4 Å². The highest BCUT2D eigenvalue weighted by molar-refractivity contribution is 6.36. The van der Waals surface area contributed by atoms with Gasteiger partial charge in [0.1, 0.15) is 35.6 Å². The van der Waals surface area contributed by atoms with Crippen LogP contribution in [-0.4, -0.2) is 88.6 Å². The lowest BCUT2D eigenvalue weighted by Crippen LogP contribution is -2.57. The standard InChI is InChI=1S/C43H42Cl2F2N6O5/c1-24-15-27(44)17-32(45)33(24)39(54)58-29-16-26-8-3-7-25-9-4-14-56-41(55)51-42(2)10-5-12-52(22-42)38-31-20-48-36(30(18-29)34(25)26)35(47)37(31)49-40(50-38)57-23-43-11-6-13-53(43)21-28(46)19-43/h3,7-8,15-18,20,28H,4-6,9-14,19,21-23H2,1-2H3,(H,51,55)/t28-,42-,43+/m1/s1. The monoisotopic (exact) mass is 830 g/mol. The highest BCUT2D eigenvalue weighted by Gasteiger charge is 2.49. The van der Waals surface area contributed by atoms with Crippen LogP contribution in [0.5, 0.6) is 11.8 Å². The molecule has 3 fully saturated rings. The minimum Gasteiger partial charge on any atom is -0.461 e. The van der Waals surface area contributed by atoms with Gasteiger partial charge < -0.3 is 24.4 Å². The molecule has 302 valence electrons. The predicted molar refractivity (Wildman–Crippen MR) is 218 cm³/mol. The van der Waals surface area contributed by atoms with Gasteiger partial charge in [0.25, 0.3) is 0 Å². The maximum Gasteiger partial charge on any atom is 0.407 e. The lowest BCUT2D eigenvalue weighted by molar-refractivity contribution is 0.0734. The van der Waals surface area contributed by atoms with Crippen molar-refractivity contribution in [3.63, 3.8) is 0 Å². The van der Waals surface area contributed by atoms with E-state index >= 15 is 4.39 Å². The van der Waals surface area contributed by atoms with Crippen LogP contribution in [0.2, 0.25) is 10.0 Å². The summed E-state index contributed by atoms with van der Waals surface area (Å²) in [6, 6.07) is 12.0. The Morgan fingerprint density at radius 2 is 1.95 bits per heavy atom. The average Bonchev–Trinajstić information content (AvgIpc) is 3.70. The summed E-state index contributed by atoms with van der Waals surface area (Å²) in [6.45, 7) is 6.05. The van der Waals surface area contributed by atoms with Crippen molar-refractivity contribution in [2.45, 2.75) is 76.0 Å². The number of pyridine rings is 1. The predicted octanol–water partition coefficient (Wildman–Crippen LogP) is 8.81.